The molecule has 0 unspecified atom stereocenters. The van der Waals surface area contributed by atoms with E-state index in [1.165, 1.54) is 0 Å². The van der Waals surface area contributed by atoms with Gasteiger partial charge in [-0.3, -0.25) is 20.0 Å². The molecule has 0 radical (unpaired) electrons. The van der Waals surface area contributed by atoms with E-state index in [1.807, 2.05) is 85.2 Å². The van der Waals surface area contributed by atoms with Crippen LogP contribution < -0.4 is 0 Å². The van der Waals surface area contributed by atoms with Gasteiger partial charge in [-0.25, -0.2) is 0 Å². The van der Waals surface area contributed by atoms with Crippen molar-refractivity contribution in [2.75, 3.05) is 0 Å². The van der Waals surface area contributed by atoms with E-state index in [1.54, 1.807) is 12.4 Å². The van der Waals surface area contributed by atoms with Crippen molar-refractivity contribution < 1.29 is 0 Å². The Morgan fingerprint density at radius 3 is 1.27 bits per heavy atom. The number of rotatable bonds is 5. The molecule has 0 saturated heterocycles. The topological polar surface area (TPSA) is 50.5 Å². The zero-order chi connectivity index (χ0) is 20.8. The molecule has 2 heterocycles. The van der Waals surface area contributed by atoms with Crippen molar-refractivity contribution in [3.05, 3.63) is 107 Å². The highest BCUT2D eigenvalue weighted by Gasteiger charge is 2.00. The predicted octanol–water partition coefficient (Wildman–Crippen LogP) is 6.95. The second-order valence-electron chi connectivity index (χ2n) is 6.41. The van der Waals surface area contributed by atoms with E-state index in [-0.39, 0.29) is 0 Å². The number of halogens is 2. The number of hydrogen-bond donors (Lipinski definition) is 0. The van der Waals surface area contributed by atoms with Crippen LogP contribution in [0, 0.1) is 0 Å². The monoisotopic (exact) mass is 430 g/mol. The van der Waals surface area contributed by atoms with Crippen LogP contribution in [0.1, 0.15) is 11.4 Å². The van der Waals surface area contributed by atoms with E-state index >= 15 is 0 Å². The van der Waals surface area contributed by atoms with Gasteiger partial charge in [0.15, 0.2) is 0 Å². The molecule has 0 fully saturated rings. The lowest BCUT2D eigenvalue weighted by Crippen LogP contribution is -1.90. The summed E-state index contributed by atoms with van der Waals surface area (Å²) in [6.45, 7) is 0. The van der Waals surface area contributed by atoms with Crippen LogP contribution in [-0.2, 0) is 0 Å². The van der Waals surface area contributed by atoms with E-state index in [2.05, 4.69) is 20.0 Å². The van der Waals surface area contributed by atoms with Gasteiger partial charge in [-0.05, 0) is 60.7 Å². The molecule has 146 valence electrons. The number of hydrogen-bond acceptors (Lipinski definition) is 4. The average Bonchev–Trinajstić information content (AvgIpc) is 2.79. The molecule has 0 spiro atoms. The van der Waals surface area contributed by atoms with E-state index in [4.69, 9.17) is 23.2 Å². The van der Waals surface area contributed by atoms with Gasteiger partial charge in [-0.2, -0.15) is 0 Å². The Balaban J connectivity index is 1.42. The van der Waals surface area contributed by atoms with E-state index in [9.17, 15) is 0 Å². The summed E-state index contributed by atoms with van der Waals surface area (Å²) in [6.07, 6.45) is 7.06. The van der Waals surface area contributed by atoms with Crippen LogP contribution in [-0.4, -0.2) is 22.4 Å². The molecule has 0 bridgehead atoms. The van der Waals surface area contributed by atoms with Crippen molar-refractivity contribution in [1.29, 1.82) is 0 Å². The Labute approximate surface area is 184 Å². The van der Waals surface area contributed by atoms with Gasteiger partial charge in [-0.1, -0.05) is 35.3 Å². The van der Waals surface area contributed by atoms with Crippen LogP contribution in [0.15, 0.2) is 95.2 Å². The Hall–Kier alpha value is -3.34. The summed E-state index contributed by atoms with van der Waals surface area (Å²) in [4.78, 5) is 17.7. The first-order valence-corrected chi connectivity index (χ1v) is 9.93. The van der Waals surface area contributed by atoms with Crippen LogP contribution in [0.4, 0.5) is 11.4 Å². The highest BCUT2D eigenvalue weighted by molar-refractivity contribution is 6.30. The average molecular weight is 431 g/mol. The van der Waals surface area contributed by atoms with Gasteiger partial charge >= 0.3 is 0 Å². The molecule has 0 aliphatic carbocycles. The number of nitrogens with zero attached hydrogens (tertiary/aromatic N) is 4. The summed E-state index contributed by atoms with van der Waals surface area (Å²) in [6, 6.07) is 22.5. The molecule has 0 amide bonds. The minimum atomic E-state index is 0.687. The fourth-order valence-electron chi connectivity index (χ4n) is 2.64. The lowest BCUT2D eigenvalue weighted by Gasteiger charge is -2.02. The Bertz CT molecular complexity index is 1070. The molecule has 2 aromatic carbocycles. The minimum absolute atomic E-state index is 0.687. The summed E-state index contributed by atoms with van der Waals surface area (Å²) >= 11 is 11.8. The largest absolute Gasteiger partial charge is 0.255 e. The molecule has 30 heavy (non-hydrogen) atoms. The summed E-state index contributed by atoms with van der Waals surface area (Å²) in [7, 11) is 0. The summed E-state index contributed by atoms with van der Waals surface area (Å²) in [5.41, 5.74) is 5.15. The Morgan fingerprint density at radius 1 is 0.533 bits per heavy atom. The maximum absolute atomic E-state index is 5.88. The standard InChI is InChI=1S/C24H16Cl2N4/c25-19-3-9-21(10-4-19)29-15-23-7-1-17(13-27-23)18-2-8-24(28-14-18)16-30-22-11-5-20(26)6-12-22/h1-16H. The van der Waals surface area contributed by atoms with Crippen molar-refractivity contribution in [2.45, 2.75) is 0 Å². The second kappa shape index (κ2) is 9.44. The molecular weight excluding hydrogens is 415 g/mol. The lowest BCUT2D eigenvalue weighted by atomic mass is 10.1. The highest BCUT2D eigenvalue weighted by Crippen LogP contribution is 2.19. The SMILES string of the molecule is Clc1ccc(N=Cc2ccc(-c3ccc(C=Nc4ccc(Cl)cc4)nc3)cn2)cc1. The van der Waals surface area contributed by atoms with Gasteiger partial charge in [0, 0.05) is 33.6 Å². The quantitative estimate of drug-likeness (QED) is 0.321. The van der Waals surface area contributed by atoms with E-state index in [0.29, 0.717) is 10.0 Å². The molecule has 0 N–H and O–H groups in total. The summed E-state index contributed by atoms with van der Waals surface area (Å²) in [5.74, 6) is 0. The van der Waals surface area contributed by atoms with Crippen LogP contribution in [0.25, 0.3) is 11.1 Å². The molecule has 0 aliphatic heterocycles. The Kier molecular flexibility index (Phi) is 6.28. The lowest BCUT2D eigenvalue weighted by molar-refractivity contribution is 1.27. The molecular formula is C24H16Cl2N4. The van der Waals surface area contributed by atoms with Crippen LogP contribution in [0.5, 0.6) is 0 Å². The first-order valence-electron chi connectivity index (χ1n) is 9.17. The number of pyridine rings is 2. The van der Waals surface area contributed by atoms with Crippen molar-refractivity contribution >= 4 is 47.0 Å². The fourth-order valence-corrected chi connectivity index (χ4v) is 2.89. The molecule has 4 nitrogen and oxygen atoms in total. The fraction of sp³-hybridized carbons (Fsp3) is 0. The van der Waals surface area contributed by atoms with Crippen molar-refractivity contribution in [3.8, 4) is 11.1 Å². The minimum Gasteiger partial charge on any atom is -0.255 e. The van der Waals surface area contributed by atoms with Crippen molar-refractivity contribution in [2.24, 2.45) is 9.98 Å². The second-order valence-corrected chi connectivity index (χ2v) is 7.29. The van der Waals surface area contributed by atoms with E-state index in [0.717, 1.165) is 33.9 Å². The number of aliphatic imine (C=N–C) groups is 2. The van der Waals surface area contributed by atoms with Gasteiger partial charge in [-0.15, -0.1) is 0 Å². The molecule has 6 heteroatoms. The first kappa shape index (κ1) is 20.0. The van der Waals surface area contributed by atoms with Crippen molar-refractivity contribution in [1.82, 2.24) is 9.97 Å². The van der Waals surface area contributed by atoms with Crippen LogP contribution >= 0.6 is 23.2 Å². The molecule has 2 aromatic heterocycles. The van der Waals surface area contributed by atoms with Gasteiger partial charge in [0.25, 0.3) is 0 Å². The number of aromatic nitrogens is 2. The summed E-state index contributed by atoms with van der Waals surface area (Å²) < 4.78 is 0. The zero-order valence-electron chi connectivity index (χ0n) is 15.8. The van der Waals surface area contributed by atoms with Crippen LogP contribution in [0.3, 0.4) is 0 Å². The summed E-state index contributed by atoms with van der Waals surface area (Å²) in [5, 5.41) is 1.37. The maximum atomic E-state index is 5.88. The molecule has 0 saturated carbocycles. The third-order valence-electron chi connectivity index (χ3n) is 4.25. The van der Waals surface area contributed by atoms with Crippen molar-refractivity contribution in [3.63, 3.8) is 0 Å². The smallest absolute Gasteiger partial charge is 0.0812 e. The Morgan fingerprint density at radius 2 is 0.933 bits per heavy atom. The van der Waals surface area contributed by atoms with E-state index < -0.39 is 0 Å². The van der Waals surface area contributed by atoms with Gasteiger partial charge < -0.3 is 0 Å². The molecule has 4 rings (SSSR count). The molecule has 0 atom stereocenters. The van der Waals surface area contributed by atoms with Gasteiger partial charge in [0.2, 0.25) is 0 Å². The normalized spacial score (nSPS) is 11.4. The highest BCUT2D eigenvalue weighted by atomic mass is 35.5. The third-order valence-corrected chi connectivity index (χ3v) is 4.76. The first-order chi connectivity index (χ1) is 14.7. The molecule has 0 aliphatic rings. The third kappa shape index (κ3) is 5.38. The number of benzene rings is 2. The maximum Gasteiger partial charge on any atom is 0.0812 e. The molecule has 4 aromatic rings. The predicted molar refractivity (Wildman–Crippen MR) is 125 cm³/mol. The van der Waals surface area contributed by atoms with Gasteiger partial charge in [0.1, 0.15) is 0 Å². The van der Waals surface area contributed by atoms with Gasteiger partial charge in [0.05, 0.1) is 35.2 Å². The van der Waals surface area contributed by atoms with Crippen LogP contribution in [0.2, 0.25) is 10.0 Å². The zero-order valence-corrected chi connectivity index (χ0v) is 17.3.